The van der Waals surface area contributed by atoms with Gasteiger partial charge in [0.05, 0.1) is 24.9 Å². The van der Waals surface area contributed by atoms with Crippen molar-refractivity contribution in [1.29, 1.82) is 0 Å². The van der Waals surface area contributed by atoms with E-state index in [1.807, 2.05) is 6.07 Å². The Hall–Kier alpha value is -1.20. The maximum Gasteiger partial charge on any atom is 0.262 e. The Morgan fingerprint density at radius 2 is 1.83 bits per heavy atom. The Kier molecular flexibility index (Phi) is 7.76. The lowest BCUT2D eigenvalue weighted by molar-refractivity contribution is 0.274. The molecule has 1 N–H and O–H groups in total. The highest BCUT2D eigenvalue weighted by Crippen LogP contribution is 2.23. The number of aliphatic hydroxyl groups is 1. The van der Waals surface area contributed by atoms with Crippen LogP contribution in [-0.4, -0.2) is 21.3 Å². The Morgan fingerprint density at radius 1 is 1.13 bits per heavy atom. The summed E-state index contributed by atoms with van der Waals surface area (Å²) in [5.74, 6) is 0. The van der Waals surface area contributed by atoms with Gasteiger partial charge < -0.3 is 5.11 Å². The van der Waals surface area contributed by atoms with Gasteiger partial charge in [0.15, 0.2) is 0 Å². The van der Waals surface area contributed by atoms with Gasteiger partial charge in [-0.05, 0) is 18.9 Å². The van der Waals surface area contributed by atoms with Gasteiger partial charge >= 0.3 is 0 Å². The summed E-state index contributed by atoms with van der Waals surface area (Å²) in [6.07, 6.45) is 13.1. The Morgan fingerprint density at radius 3 is 2.52 bits per heavy atom. The van der Waals surface area contributed by atoms with E-state index in [0.29, 0.717) is 11.9 Å². The van der Waals surface area contributed by atoms with Crippen molar-refractivity contribution in [2.75, 3.05) is 6.61 Å². The molecule has 2 rings (SSSR count). The van der Waals surface area contributed by atoms with Crippen LogP contribution in [0, 0.1) is 0 Å². The lowest BCUT2D eigenvalue weighted by atomic mass is 10.1. The van der Waals surface area contributed by atoms with E-state index in [1.54, 1.807) is 11.3 Å². The van der Waals surface area contributed by atoms with Gasteiger partial charge in [-0.3, -0.25) is 9.36 Å². The third kappa shape index (κ3) is 5.43. The average Bonchev–Trinajstić information content (AvgIpc) is 2.97. The van der Waals surface area contributed by atoms with E-state index in [2.05, 4.69) is 11.9 Å². The molecule has 5 heteroatoms. The molecule has 0 saturated carbocycles. The quantitative estimate of drug-likeness (QED) is 0.628. The summed E-state index contributed by atoms with van der Waals surface area (Å²) in [6.45, 7) is 2.52. The van der Waals surface area contributed by atoms with Gasteiger partial charge in [-0.2, -0.15) is 0 Å². The fraction of sp³-hybridized carbons (Fsp3) is 0.667. The van der Waals surface area contributed by atoms with Crippen molar-refractivity contribution in [2.45, 2.75) is 71.3 Å². The largest absolute Gasteiger partial charge is 0.395 e. The molecule has 0 spiro atoms. The van der Waals surface area contributed by atoms with Crippen LogP contribution in [0.2, 0.25) is 0 Å². The van der Waals surface area contributed by atoms with Gasteiger partial charge in [-0.15, -0.1) is 11.3 Å². The highest BCUT2D eigenvalue weighted by atomic mass is 32.1. The number of unbranched alkanes of at least 4 members (excludes halogenated alkanes) is 7. The summed E-state index contributed by atoms with van der Waals surface area (Å²) >= 11 is 1.63. The molecule has 0 unspecified atom stereocenters. The van der Waals surface area contributed by atoms with Crippen molar-refractivity contribution >= 4 is 21.6 Å². The molecule has 2 heterocycles. The highest BCUT2D eigenvalue weighted by Gasteiger charge is 2.08. The zero-order chi connectivity index (χ0) is 16.5. The predicted octanol–water partition coefficient (Wildman–Crippen LogP) is 4.13. The number of hydrogen-bond acceptors (Lipinski definition) is 4. The molecular weight excluding hydrogens is 308 g/mol. The molecule has 0 atom stereocenters. The van der Waals surface area contributed by atoms with E-state index in [-0.39, 0.29) is 12.2 Å². The van der Waals surface area contributed by atoms with Crippen LogP contribution in [0.3, 0.4) is 0 Å². The van der Waals surface area contributed by atoms with Crippen LogP contribution in [-0.2, 0) is 13.0 Å². The van der Waals surface area contributed by atoms with Crippen LogP contribution in [0.5, 0.6) is 0 Å². The van der Waals surface area contributed by atoms with E-state index in [0.717, 1.165) is 11.3 Å². The molecule has 0 amide bonds. The molecule has 0 aliphatic rings. The van der Waals surface area contributed by atoms with Gasteiger partial charge in [-0.1, -0.05) is 51.9 Å². The monoisotopic (exact) mass is 336 g/mol. The molecular formula is C18H28N2O2S. The van der Waals surface area contributed by atoms with Crippen LogP contribution in [0.25, 0.3) is 10.2 Å². The Labute approximate surface area is 142 Å². The summed E-state index contributed by atoms with van der Waals surface area (Å²) in [4.78, 5) is 18.7. The number of hydrogen-bond donors (Lipinski definition) is 1. The summed E-state index contributed by atoms with van der Waals surface area (Å²) < 4.78 is 1.48. The van der Waals surface area contributed by atoms with Crippen molar-refractivity contribution in [1.82, 2.24) is 9.55 Å². The van der Waals surface area contributed by atoms with Crippen LogP contribution in [0.15, 0.2) is 17.2 Å². The number of nitrogens with zero attached hydrogens (tertiary/aromatic N) is 2. The summed E-state index contributed by atoms with van der Waals surface area (Å²) in [6, 6.07) is 1.99. The summed E-state index contributed by atoms with van der Waals surface area (Å²) in [5.41, 5.74) is -0.0394. The fourth-order valence-electron chi connectivity index (χ4n) is 2.83. The third-order valence-electron chi connectivity index (χ3n) is 4.19. The molecule has 0 saturated heterocycles. The molecule has 0 bridgehead atoms. The first-order valence-corrected chi connectivity index (χ1v) is 9.66. The summed E-state index contributed by atoms with van der Waals surface area (Å²) in [5, 5.41) is 9.67. The molecule has 128 valence electrons. The van der Waals surface area contributed by atoms with Gasteiger partial charge in [0.1, 0.15) is 4.83 Å². The van der Waals surface area contributed by atoms with Crippen LogP contribution < -0.4 is 5.56 Å². The normalized spacial score (nSPS) is 11.4. The Balaban J connectivity index is 1.80. The first-order valence-electron chi connectivity index (χ1n) is 8.85. The second-order valence-electron chi connectivity index (χ2n) is 6.12. The maximum atomic E-state index is 12.3. The highest BCUT2D eigenvalue weighted by molar-refractivity contribution is 7.18. The first kappa shape index (κ1) is 18.1. The molecule has 2 aromatic heterocycles. The minimum absolute atomic E-state index is 0.0393. The number of aliphatic hydroxyl groups excluding tert-OH is 1. The minimum Gasteiger partial charge on any atom is -0.395 e. The van der Waals surface area contributed by atoms with E-state index in [1.165, 1.54) is 67.1 Å². The maximum absolute atomic E-state index is 12.3. The minimum atomic E-state index is -0.0394. The van der Waals surface area contributed by atoms with Crippen molar-refractivity contribution in [2.24, 2.45) is 0 Å². The van der Waals surface area contributed by atoms with Crippen molar-refractivity contribution in [3.8, 4) is 0 Å². The zero-order valence-corrected chi connectivity index (χ0v) is 14.9. The standard InChI is InChI=1S/C18H28N2O2S/c1-2-3-4-5-6-7-8-9-10-15-13-16-17(23-15)19-14-20(11-12-21)18(16)22/h13-14,21H,2-12H2,1H3. The van der Waals surface area contributed by atoms with Gasteiger partial charge in [0, 0.05) is 4.88 Å². The number of fused-ring (bicyclic) bond motifs is 1. The molecule has 0 aliphatic heterocycles. The third-order valence-corrected chi connectivity index (χ3v) is 5.29. The number of aromatic nitrogens is 2. The molecule has 0 aromatic carbocycles. The van der Waals surface area contributed by atoms with Crippen LogP contribution >= 0.6 is 11.3 Å². The van der Waals surface area contributed by atoms with Gasteiger partial charge in [0.25, 0.3) is 5.56 Å². The SMILES string of the molecule is CCCCCCCCCCc1cc2c(=O)n(CCO)cnc2s1. The number of rotatable bonds is 11. The van der Waals surface area contributed by atoms with Gasteiger partial charge in [0.2, 0.25) is 0 Å². The van der Waals surface area contributed by atoms with E-state index < -0.39 is 0 Å². The lowest BCUT2D eigenvalue weighted by Gasteiger charge is -2.00. The van der Waals surface area contributed by atoms with E-state index in [9.17, 15) is 4.79 Å². The van der Waals surface area contributed by atoms with Crippen molar-refractivity contribution < 1.29 is 5.11 Å². The van der Waals surface area contributed by atoms with Crippen LogP contribution in [0.1, 0.15) is 63.2 Å². The first-order chi connectivity index (χ1) is 11.3. The van der Waals surface area contributed by atoms with Gasteiger partial charge in [-0.25, -0.2) is 4.98 Å². The lowest BCUT2D eigenvalue weighted by Crippen LogP contribution is -2.21. The molecule has 23 heavy (non-hydrogen) atoms. The topological polar surface area (TPSA) is 55.1 Å². The molecule has 0 fully saturated rings. The molecule has 2 aromatic rings. The number of aryl methyl sites for hydroxylation is 1. The van der Waals surface area contributed by atoms with Crippen molar-refractivity contribution in [3.05, 3.63) is 27.6 Å². The van der Waals surface area contributed by atoms with Crippen molar-refractivity contribution in [3.63, 3.8) is 0 Å². The zero-order valence-electron chi connectivity index (χ0n) is 14.1. The second kappa shape index (κ2) is 9.83. The second-order valence-corrected chi connectivity index (χ2v) is 7.24. The van der Waals surface area contributed by atoms with E-state index in [4.69, 9.17) is 5.11 Å². The van der Waals surface area contributed by atoms with E-state index >= 15 is 0 Å². The summed E-state index contributed by atoms with van der Waals surface area (Å²) in [7, 11) is 0. The number of thiophene rings is 1. The van der Waals surface area contributed by atoms with Crippen LogP contribution in [0.4, 0.5) is 0 Å². The molecule has 0 aliphatic carbocycles. The Bertz CT molecular complexity index is 648. The molecule has 0 radical (unpaired) electrons. The molecule has 4 nitrogen and oxygen atoms in total. The predicted molar refractivity (Wildman–Crippen MR) is 97.3 cm³/mol. The fourth-order valence-corrected chi connectivity index (χ4v) is 3.86. The average molecular weight is 337 g/mol. The smallest absolute Gasteiger partial charge is 0.262 e.